The monoisotopic (exact) mass is 239 g/mol. The maximum absolute atomic E-state index is 11.3. The third-order valence-corrected chi connectivity index (χ3v) is 3.98. The number of fused-ring (bicyclic) bond motifs is 2. The Morgan fingerprint density at radius 2 is 2.00 bits per heavy atom. The van der Waals surface area contributed by atoms with Crippen LogP contribution in [0, 0.1) is 0 Å². The molecule has 0 spiro atoms. The Labute approximate surface area is 102 Å². The molecule has 0 aromatic carbocycles. The lowest BCUT2D eigenvalue weighted by Gasteiger charge is -2.36. The number of hydrogen-bond acceptors (Lipinski definition) is 4. The van der Waals surface area contributed by atoms with Crippen LogP contribution in [0.4, 0.5) is 0 Å². The third kappa shape index (κ3) is 2.69. The maximum Gasteiger partial charge on any atom is 0.333 e. The zero-order valence-electron chi connectivity index (χ0n) is 10.6. The topological polar surface area (TPSA) is 49.8 Å². The minimum absolute atomic E-state index is 0.130. The molecule has 0 radical (unpaired) electrons. The van der Waals surface area contributed by atoms with E-state index in [9.17, 15) is 9.90 Å². The number of methoxy groups -OCH3 is 1. The van der Waals surface area contributed by atoms with E-state index in [2.05, 4.69) is 9.64 Å². The van der Waals surface area contributed by atoms with Gasteiger partial charge in [-0.05, 0) is 32.6 Å². The predicted molar refractivity (Wildman–Crippen MR) is 64.5 cm³/mol. The quantitative estimate of drug-likeness (QED) is 0.592. The van der Waals surface area contributed by atoms with Crippen LogP contribution in [0.2, 0.25) is 0 Å². The molecule has 2 rings (SSSR count). The second-order valence-corrected chi connectivity index (χ2v) is 5.09. The molecule has 17 heavy (non-hydrogen) atoms. The van der Waals surface area contributed by atoms with Crippen LogP contribution in [0.25, 0.3) is 0 Å². The minimum atomic E-state index is -0.255. The number of carbonyl (C=O) groups excluding carboxylic acids is 1. The van der Waals surface area contributed by atoms with E-state index in [4.69, 9.17) is 0 Å². The Bertz CT molecular complexity index is 313. The first kappa shape index (κ1) is 12.6. The summed E-state index contributed by atoms with van der Waals surface area (Å²) in [5, 5.41) is 9.70. The van der Waals surface area contributed by atoms with E-state index in [-0.39, 0.29) is 12.1 Å². The number of aliphatic hydroxyl groups is 1. The Morgan fingerprint density at radius 3 is 2.53 bits per heavy atom. The van der Waals surface area contributed by atoms with E-state index in [1.54, 1.807) is 6.92 Å². The van der Waals surface area contributed by atoms with E-state index < -0.39 is 0 Å². The van der Waals surface area contributed by atoms with Crippen molar-refractivity contribution in [3.63, 3.8) is 0 Å². The van der Waals surface area contributed by atoms with Crippen molar-refractivity contribution in [2.24, 2.45) is 0 Å². The second kappa shape index (κ2) is 5.19. The fourth-order valence-corrected chi connectivity index (χ4v) is 3.03. The fourth-order valence-electron chi connectivity index (χ4n) is 3.03. The first-order valence-corrected chi connectivity index (χ1v) is 6.30. The van der Waals surface area contributed by atoms with Gasteiger partial charge in [-0.1, -0.05) is 6.08 Å². The van der Waals surface area contributed by atoms with Gasteiger partial charge in [-0.25, -0.2) is 4.79 Å². The van der Waals surface area contributed by atoms with Crippen molar-refractivity contribution in [2.45, 2.75) is 50.8 Å². The summed E-state index contributed by atoms with van der Waals surface area (Å²) in [6.45, 7) is 2.58. The molecular weight excluding hydrogens is 218 g/mol. The number of esters is 1. The molecule has 2 bridgehead atoms. The number of aliphatic hydroxyl groups excluding tert-OH is 1. The molecule has 4 heteroatoms. The highest BCUT2D eigenvalue weighted by Gasteiger charge is 2.39. The Balaban J connectivity index is 1.94. The summed E-state index contributed by atoms with van der Waals surface area (Å²) in [4.78, 5) is 13.7. The summed E-state index contributed by atoms with van der Waals surface area (Å²) in [5.74, 6) is -0.255. The van der Waals surface area contributed by atoms with Crippen LogP contribution < -0.4 is 0 Å². The van der Waals surface area contributed by atoms with Gasteiger partial charge in [0.25, 0.3) is 0 Å². The van der Waals surface area contributed by atoms with Gasteiger partial charge < -0.3 is 9.84 Å². The number of ether oxygens (including phenoxy) is 1. The normalized spacial score (nSPS) is 33.8. The van der Waals surface area contributed by atoms with Gasteiger partial charge in [-0.2, -0.15) is 0 Å². The summed E-state index contributed by atoms with van der Waals surface area (Å²) in [6, 6.07) is 0.982. The van der Waals surface area contributed by atoms with Crippen LogP contribution in [0.5, 0.6) is 0 Å². The van der Waals surface area contributed by atoms with Gasteiger partial charge in [0.2, 0.25) is 0 Å². The van der Waals surface area contributed by atoms with Crippen molar-refractivity contribution in [2.75, 3.05) is 13.7 Å². The van der Waals surface area contributed by atoms with Crippen LogP contribution in [-0.4, -0.2) is 47.8 Å². The first-order valence-electron chi connectivity index (χ1n) is 6.30. The van der Waals surface area contributed by atoms with Crippen molar-refractivity contribution >= 4 is 5.97 Å². The highest BCUT2D eigenvalue weighted by molar-refractivity contribution is 5.87. The maximum atomic E-state index is 11.3. The van der Waals surface area contributed by atoms with E-state index in [0.29, 0.717) is 17.7 Å². The predicted octanol–water partition coefficient (Wildman–Crippen LogP) is 1.09. The number of rotatable bonds is 3. The number of carbonyl (C=O) groups is 1. The fraction of sp³-hybridized carbons (Fsp3) is 0.769. The lowest BCUT2D eigenvalue weighted by atomic mass is 10.00. The molecular formula is C13H21NO3. The number of nitrogens with zero attached hydrogens (tertiary/aromatic N) is 1. The van der Waals surface area contributed by atoms with Crippen molar-refractivity contribution in [3.8, 4) is 0 Å². The summed E-state index contributed by atoms with van der Waals surface area (Å²) < 4.78 is 4.67. The van der Waals surface area contributed by atoms with Gasteiger partial charge in [-0.3, -0.25) is 4.90 Å². The van der Waals surface area contributed by atoms with Crippen molar-refractivity contribution in [1.82, 2.24) is 4.90 Å². The van der Waals surface area contributed by atoms with Gasteiger partial charge in [0.1, 0.15) is 0 Å². The average Bonchev–Trinajstić information content (AvgIpc) is 2.55. The van der Waals surface area contributed by atoms with Crippen molar-refractivity contribution in [3.05, 3.63) is 11.6 Å². The van der Waals surface area contributed by atoms with Crippen LogP contribution in [0.15, 0.2) is 11.6 Å². The van der Waals surface area contributed by atoms with E-state index in [1.807, 2.05) is 6.08 Å². The van der Waals surface area contributed by atoms with Gasteiger partial charge in [0.15, 0.2) is 0 Å². The summed E-state index contributed by atoms with van der Waals surface area (Å²) in [7, 11) is 1.40. The van der Waals surface area contributed by atoms with E-state index >= 15 is 0 Å². The van der Waals surface area contributed by atoms with Crippen LogP contribution in [0.1, 0.15) is 32.6 Å². The third-order valence-electron chi connectivity index (χ3n) is 3.98. The van der Waals surface area contributed by atoms with Crippen LogP contribution in [-0.2, 0) is 9.53 Å². The summed E-state index contributed by atoms with van der Waals surface area (Å²) >= 11 is 0. The number of piperidine rings is 1. The molecule has 2 unspecified atom stereocenters. The van der Waals surface area contributed by atoms with Crippen molar-refractivity contribution in [1.29, 1.82) is 0 Å². The summed E-state index contributed by atoms with van der Waals surface area (Å²) in [6.07, 6.45) is 5.91. The Kier molecular flexibility index (Phi) is 3.84. The molecule has 2 aliphatic heterocycles. The van der Waals surface area contributed by atoms with E-state index in [1.165, 1.54) is 20.0 Å². The zero-order valence-corrected chi connectivity index (χ0v) is 10.6. The van der Waals surface area contributed by atoms with E-state index in [0.717, 1.165) is 19.4 Å². The standard InChI is InChI=1S/C13H21NO3/c1-9(13(16)17-2)5-6-14-10-3-4-11(14)8-12(15)7-10/h5,10-12,15H,3-4,6-8H2,1-2H3. The second-order valence-electron chi connectivity index (χ2n) is 5.09. The molecule has 0 aromatic rings. The molecule has 0 aliphatic carbocycles. The molecule has 96 valence electrons. The van der Waals surface area contributed by atoms with Gasteiger partial charge in [-0.15, -0.1) is 0 Å². The van der Waals surface area contributed by atoms with Crippen LogP contribution >= 0.6 is 0 Å². The van der Waals surface area contributed by atoms with Crippen molar-refractivity contribution < 1.29 is 14.6 Å². The first-order chi connectivity index (χ1) is 8.11. The molecule has 0 saturated carbocycles. The minimum Gasteiger partial charge on any atom is -0.466 e. The molecule has 2 atom stereocenters. The molecule has 1 N–H and O–H groups in total. The zero-order chi connectivity index (χ0) is 12.4. The van der Waals surface area contributed by atoms with Crippen LogP contribution in [0.3, 0.4) is 0 Å². The molecule has 0 amide bonds. The summed E-state index contributed by atoms with van der Waals surface area (Å²) in [5.41, 5.74) is 0.665. The largest absolute Gasteiger partial charge is 0.466 e. The molecule has 4 nitrogen and oxygen atoms in total. The molecule has 2 fully saturated rings. The highest BCUT2D eigenvalue weighted by Crippen LogP contribution is 2.35. The number of hydrogen-bond donors (Lipinski definition) is 1. The molecule has 2 saturated heterocycles. The average molecular weight is 239 g/mol. The molecule has 0 aromatic heterocycles. The SMILES string of the molecule is COC(=O)C(C)=CCN1C2CCC1CC(O)C2. The smallest absolute Gasteiger partial charge is 0.333 e. The lowest BCUT2D eigenvalue weighted by Crippen LogP contribution is -2.44. The van der Waals surface area contributed by atoms with Gasteiger partial charge in [0, 0.05) is 24.2 Å². The van der Waals surface area contributed by atoms with Gasteiger partial charge >= 0.3 is 5.97 Å². The highest BCUT2D eigenvalue weighted by atomic mass is 16.5. The van der Waals surface area contributed by atoms with Gasteiger partial charge in [0.05, 0.1) is 13.2 Å². The lowest BCUT2D eigenvalue weighted by molar-refractivity contribution is -0.136. The molecule has 2 aliphatic rings. The molecule has 2 heterocycles. The Morgan fingerprint density at radius 1 is 1.41 bits per heavy atom. The Hall–Kier alpha value is -0.870.